The highest BCUT2D eigenvalue weighted by atomic mass is 35.5. The standard InChI is InChI=1S/C16H16ClNO2/c1-3-18(15-7-5-4-6-11(15)2)12-8-9-13(16(19)20)14(17)10-12/h4-10H,3H2,1-2H3,(H,19,20). The Morgan fingerprint density at radius 1 is 1.25 bits per heavy atom. The molecule has 4 heteroatoms. The zero-order valence-corrected chi connectivity index (χ0v) is 12.2. The lowest BCUT2D eigenvalue weighted by atomic mass is 10.1. The van der Waals surface area contributed by atoms with Gasteiger partial charge in [0.25, 0.3) is 0 Å². The summed E-state index contributed by atoms with van der Waals surface area (Å²) in [6.45, 7) is 4.87. The second kappa shape index (κ2) is 5.97. The van der Waals surface area contributed by atoms with Gasteiger partial charge in [0.05, 0.1) is 10.6 Å². The fourth-order valence-corrected chi connectivity index (χ4v) is 2.46. The van der Waals surface area contributed by atoms with Gasteiger partial charge in [0.1, 0.15) is 0 Å². The molecule has 0 aliphatic rings. The molecule has 0 amide bonds. The van der Waals surface area contributed by atoms with E-state index in [0.717, 1.165) is 23.5 Å². The molecule has 104 valence electrons. The fourth-order valence-electron chi connectivity index (χ4n) is 2.20. The van der Waals surface area contributed by atoms with Crippen LogP contribution in [0.4, 0.5) is 11.4 Å². The number of aryl methyl sites for hydroxylation is 1. The summed E-state index contributed by atoms with van der Waals surface area (Å²) in [7, 11) is 0. The van der Waals surface area contributed by atoms with Crippen LogP contribution >= 0.6 is 11.6 Å². The minimum absolute atomic E-state index is 0.122. The van der Waals surface area contributed by atoms with Gasteiger partial charge in [-0.05, 0) is 43.7 Å². The first-order valence-corrected chi connectivity index (χ1v) is 6.78. The number of nitrogens with zero attached hydrogens (tertiary/aromatic N) is 1. The molecule has 20 heavy (non-hydrogen) atoms. The molecule has 0 radical (unpaired) electrons. The van der Waals surface area contributed by atoms with Crippen LogP contribution < -0.4 is 4.90 Å². The molecule has 0 aliphatic carbocycles. The van der Waals surface area contributed by atoms with Crippen molar-refractivity contribution in [3.63, 3.8) is 0 Å². The Morgan fingerprint density at radius 2 is 1.95 bits per heavy atom. The Labute approximate surface area is 123 Å². The molecule has 0 aliphatic heterocycles. The number of hydrogen-bond acceptors (Lipinski definition) is 2. The van der Waals surface area contributed by atoms with Crippen molar-refractivity contribution in [3.05, 3.63) is 58.6 Å². The second-order valence-corrected chi connectivity index (χ2v) is 4.91. The van der Waals surface area contributed by atoms with Crippen LogP contribution in [0.1, 0.15) is 22.8 Å². The summed E-state index contributed by atoms with van der Waals surface area (Å²) in [6, 6.07) is 13.1. The number of benzene rings is 2. The molecule has 0 saturated carbocycles. The highest BCUT2D eigenvalue weighted by molar-refractivity contribution is 6.33. The van der Waals surface area contributed by atoms with E-state index in [2.05, 4.69) is 4.90 Å². The summed E-state index contributed by atoms with van der Waals surface area (Å²) in [5.41, 5.74) is 3.26. The third-order valence-electron chi connectivity index (χ3n) is 3.22. The molecule has 2 rings (SSSR count). The molecular formula is C16H16ClNO2. The highest BCUT2D eigenvalue weighted by Crippen LogP contribution is 2.31. The quantitative estimate of drug-likeness (QED) is 0.900. The summed E-state index contributed by atoms with van der Waals surface area (Å²) < 4.78 is 0. The molecule has 0 heterocycles. The van der Waals surface area contributed by atoms with E-state index in [1.807, 2.05) is 38.1 Å². The predicted octanol–water partition coefficient (Wildman–Crippen LogP) is 4.50. The first-order valence-electron chi connectivity index (χ1n) is 6.40. The minimum Gasteiger partial charge on any atom is -0.478 e. The van der Waals surface area contributed by atoms with Crippen LogP contribution in [0.5, 0.6) is 0 Å². The second-order valence-electron chi connectivity index (χ2n) is 4.50. The van der Waals surface area contributed by atoms with Gasteiger partial charge >= 0.3 is 5.97 Å². The van der Waals surface area contributed by atoms with Crippen LogP contribution in [-0.2, 0) is 0 Å². The van der Waals surface area contributed by atoms with E-state index in [4.69, 9.17) is 16.7 Å². The maximum atomic E-state index is 11.0. The normalized spacial score (nSPS) is 10.3. The largest absolute Gasteiger partial charge is 0.478 e. The van der Waals surface area contributed by atoms with Crippen molar-refractivity contribution in [1.82, 2.24) is 0 Å². The Morgan fingerprint density at radius 3 is 2.50 bits per heavy atom. The molecule has 3 nitrogen and oxygen atoms in total. The van der Waals surface area contributed by atoms with Crippen LogP contribution in [0, 0.1) is 6.92 Å². The molecule has 2 aromatic carbocycles. The number of halogens is 1. The number of carboxylic acids is 1. The molecule has 0 unspecified atom stereocenters. The average molecular weight is 290 g/mol. The van der Waals surface area contributed by atoms with Crippen molar-refractivity contribution in [2.45, 2.75) is 13.8 Å². The van der Waals surface area contributed by atoms with Crippen molar-refractivity contribution in [2.24, 2.45) is 0 Å². The highest BCUT2D eigenvalue weighted by Gasteiger charge is 2.13. The van der Waals surface area contributed by atoms with Crippen LogP contribution in [0.3, 0.4) is 0 Å². The van der Waals surface area contributed by atoms with E-state index in [1.165, 1.54) is 0 Å². The van der Waals surface area contributed by atoms with Gasteiger partial charge in [-0.25, -0.2) is 4.79 Å². The number of rotatable bonds is 4. The van der Waals surface area contributed by atoms with Gasteiger partial charge < -0.3 is 10.0 Å². The SMILES string of the molecule is CCN(c1ccc(C(=O)O)c(Cl)c1)c1ccccc1C. The van der Waals surface area contributed by atoms with Gasteiger partial charge in [-0.1, -0.05) is 29.8 Å². The lowest BCUT2D eigenvalue weighted by molar-refractivity contribution is 0.0697. The van der Waals surface area contributed by atoms with Crippen LogP contribution in [-0.4, -0.2) is 17.6 Å². The van der Waals surface area contributed by atoms with Crippen molar-refractivity contribution in [1.29, 1.82) is 0 Å². The summed E-state index contributed by atoms with van der Waals surface area (Å²) in [4.78, 5) is 13.1. The van der Waals surface area contributed by atoms with Crippen LogP contribution in [0.15, 0.2) is 42.5 Å². The number of carbonyl (C=O) groups is 1. The molecule has 0 fully saturated rings. The Bertz CT molecular complexity index is 640. The first-order chi connectivity index (χ1) is 9.54. The van der Waals surface area contributed by atoms with E-state index in [0.29, 0.717) is 0 Å². The molecule has 0 spiro atoms. The smallest absolute Gasteiger partial charge is 0.337 e. The van der Waals surface area contributed by atoms with Gasteiger partial charge in [0.2, 0.25) is 0 Å². The van der Waals surface area contributed by atoms with E-state index in [9.17, 15) is 4.79 Å². The third kappa shape index (κ3) is 2.78. The maximum absolute atomic E-state index is 11.0. The minimum atomic E-state index is -1.01. The first kappa shape index (κ1) is 14.4. The van der Waals surface area contributed by atoms with Crippen molar-refractivity contribution >= 4 is 28.9 Å². The van der Waals surface area contributed by atoms with Gasteiger partial charge in [0.15, 0.2) is 0 Å². The molecule has 2 aromatic rings. The summed E-state index contributed by atoms with van der Waals surface area (Å²) >= 11 is 6.05. The summed E-state index contributed by atoms with van der Waals surface area (Å²) in [5, 5.41) is 9.27. The fraction of sp³-hybridized carbons (Fsp3) is 0.188. The Kier molecular flexibility index (Phi) is 4.30. The number of anilines is 2. The van der Waals surface area contributed by atoms with Crippen molar-refractivity contribution in [2.75, 3.05) is 11.4 Å². The van der Waals surface area contributed by atoms with Gasteiger partial charge in [-0.3, -0.25) is 0 Å². The lowest BCUT2D eigenvalue weighted by Gasteiger charge is -2.25. The van der Waals surface area contributed by atoms with Crippen LogP contribution in [0.2, 0.25) is 5.02 Å². The number of carboxylic acid groups (broad SMARTS) is 1. The molecule has 0 bridgehead atoms. The Balaban J connectivity index is 2.46. The van der Waals surface area contributed by atoms with Gasteiger partial charge in [0, 0.05) is 17.9 Å². The molecular weight excluding hydrogens is 274 g/mol. The van der Waals surface area contributed by atoms with Crippen molar-refractivity contribution in [3.8, 4) is 0 Å². The zero-order valence-electron chi connectivity index (χ0n) is 11.4. The zero-order chi connectivity index (χ0) is 14.7. The third-order valence-corrected chi connectivity index (χ3v) is 3.53. The molecule has 0 atom stereocenters. The van der Waals surface area contributed by atoms with E-state index in [-0.39, 0.29) is 10.6 Å². The molecule has 0 saturated heterocycles. The lowest BCUT2D eigenvalue weighted by Crippen LogP contribution is -2.17. The van der Waals surface area contributed by atoms with Crippen molar-refractivity contribution < 1.29 is 9.90 Å². The van der Waals surface area contributed by atoms with E-state index in [1.54, 1.807) is 18.2 Å². The van der Waals surface area contributed by atoms with E-state index >= 15 is 0 Å². The average Bonchev–Trinajstić information content (AvgIpc) is 2.41. The van der Waals surface area contributed by atoms with Gasteiger partial charge in [-0.15, -0.1) is 0 Å². The Hall–Kier alpha value is -2.00. The van der Waals surface area contributed by atoms with Gasteiger partial charge in [-0.2, -0.15) is 0 Å². The molecule has 0 aromatic heterocycles. The predicted molar refractivity (Wildman–Crippen MR) is 82.3 cm³/mol. The van der Waals surface area contributed by atoms with Crippen LogP contribution in [0.25, 0.3) is 0 Å². The summed E-state index contributed by atoms with van der Waals surface area (Å²) in [6.07, 6.45) is 0. The maximum Gasteiger partial charge on any atom is 0.337 e. The molecule has 1 N–H and O–H groups in total. The summed E-state index contributed by atoms with van der Waals surface area (Å²) in [5.74, 6) is -1.01. The number of aromatic carboxylic acids is 1. The van der Waals surface area contributed by atoms with E-state index < -0.39 is 5.97 Å². The monoisotopic (exact) mass is 289 g/mol. The topological polar surface area (TPSA) is 40.5 Å². The number of para-hydroxylation sites is 1. The number of hydrogen-bond donors (Lipinski definition) is 1.